The molecule has 0 aromatic heterocycles. The number of benzene rings is 1. The molecule has 0 heterocycles. The maximum absolute atomic E-state index is 11.3. The Hall–Kier alpha value is -1.91. The summed E-state index contributed by atoms with van der Waals surface area (Å²) >= 11 is 0. The highest BCUT2D eigenvalue weighted by atomic mass is 16.5. The third-order valence-corrected chi connectivity index (χ3v) is 1.71. The highest BCUT2D eigenvalue weighted by Crippen LogP contribution is 2.28. The number of hydrogen-bond donors (Lipinski definition) is 0. The Labute approximate surface area is 80.6 Å². The van der Waals surface area contributed by atoms with Crippen molar-refractivity contribution in [1.82, 2.24) is 0 Å². The molecule has 0 fully saturated rings. The van der Waals surface area contributed by atoms with E-state index in [1.54, 1.807) is 12.1 Å². The van der Waals surface area contributed by atoms with E-state index in [1.165, 1.54) is 20.3 Å². The van der Waals surface area contributed by atoms with Crippen molar-refractivity contribution < 1.29 is 14.3 Å². The van der Waals surface area contributed by atoms with E-state index in [0.29, 0.717) is 0 Å². The van der Waals surface area contributed by atoms with Gasteiger partial charge in [0.1, 0.15) is 17.0 Å². The van der Waals surface area contributed by atoms with Gasteiger partial charge >= 0.3 is 5.97 Å². The van der Waals surface area contributed by atoms with Crippen LogP contribution in [-0.2, 0) is 4.74 Å². The van der Waals surface area contributed by atoms with Crippen molar-refractivity contribution in [3.05, 3.63) is 28.7 Å². The molecule has 1 aromatic rings. The first kappa shape index (κ1) is 10.2. The van der Waals surface area contributed by atoms with Crippen LogP contribution in [0, 0.1) is 4.91 Å². The van der Waals surface area contributed by atoms with Crippen LogP contribution in [0.25, 0.3) is 0 Å². The third kappa shape index (κ3) is 1.71. The second kappa shape index (κ2) is 4.36. The molecule has 5 nitrogen and oxygen atoms in total. The van der Waals surface area contributed by atoms with Crippen molar-refractivity contribution in [2.24, 2.45) is 5.18 Å². The zero-order chi connectivity index (χ0) is 10.6. The Morgan fingerprint density at radius 3 is 2.57 bits per heavy atom. The average Bonchev–Trinajstić information content (AvgIpc) is 2.26. The van der Waals surface area contributed by atoms with E-state index in [2.05, 4.69) is 9.91 Å². The molecule has 0 amide bonds. The molecule has 0 saturated heterocycles. The van der Waals surface area contributed by atoms with Crippen LogP contribution in [0.15, 0.2) is 23.4 Å². The summed E-state index contributed by atoms with van der Waals surface area (Å²) in [5.41, 5.74) is 0.0590. The van der Waals surface area contributed by atoms with Crippen molar-refractivity contribution in [1.29, 1.82) is 0 Å². The summed E-state index contributed by atoms with van der Waals surface area (Å²) in [6.07, 6.45) is 0. The fourth-order valence-electron chi connectivity index (χ4n) is 1.07. The van der Waals surface area contributed by atoms with Crippen molar-refractivity contribution in [3.8, 4) is 5.75 Å². The van der Waals surface area contributed by atoms with E-state index >= 15 is 0 Å². The summed E-state index contributed by atoms with van der Waals surface area (Å²) in [6, 6.07) is 4.55. The van der Waals surface area contributed by atoms with Gasteiger partial charge in [0.25, 0.3) is 0 Å². The highest BCUT2D eigenvalue weighted by Gasteiger charge is 2.18. The van der Waals surface area contributed by atoms with Crippen molar-refractivity contribution in [3.63, 3.8) is 0 Å². The molecule has 14 heavy (non-hydrogen) atoms. The van der Waals surface area contributed by atoms with E-state index in [4.69, 9.17) is 4.74 Å². The Kier molecular flexibility index (Phi) is 3.17. The molecular formula is C9H9NO4. The largest absolute Gasteiger partial charge is 0.496 e. The number of hydrogen-bond acceptors (Lipinski definition) is 5. The van der Waals surface area contributed by atoms with Crippen LogP contribution in [0.3, 0.4) is 0 Å². The van der Waals surface area contributed by atoms with Crippen LogP contribution in [0.1, 0.15) is 10.4 Å². The van der Waals surface area contributed by atoms with Crippen LogP contribution >= 0.6 is 0 Å². The molecule has 74 valence electrons. The van der Waals surface area contributed by atoms with E-state index in [9.17, 15) is 9.70 Å². The predicted molar refractivity (Wildman–Crippen MR) is 49.8 cm³/mol. The van der Waals surface area contributed by atoms with Gasteiger partial charge in [0.2, 0.25) is 0 Å². The van der Waals surface area contributed by atoms with Crippen LogP contribution in [0.2, 0.25) is 0 Å². The van der Waals surface area contributed by atoms with Gasteiger partial charge in [0.05, 0.1) is 14.2 Å². The van der Waals surface area contributed by atoms with Crippen LogP contribution < -0.4 is 4.74 Å². The van der Waals surface area contributed by atoms with Gasteiger partial charge in [-0.1, -0.05) is 6.07 Å². The Morgan fingerprint density at radius 1 is 1.36 bits per heavy atom. The number of nitroso groups, excluding NO2 is 1. The monoisotopic (exact) mass is 195 g/mol. The molecule has 1 rings (SSSR count). The number of carbonyl (C=O) groups is 1. The van der Waals surface area contributed by atoms with Gasteiger partial charge in [-0.3, -0.25) is 0 Å². The summed E-state index contributed by atoms with van der Waals surface area (Å²) in [7, 11) is 2.62. The predicted octanol–water partition coefficient (Wildman–Crippen LogP) is 1.88. The second-order valence-electron chi connectivity index (χ2n) is 2.44. The van der Waals surface area contributed by atoms with Crippen molar-refractivity contribution >= 4 is 11.7 Å². The molecule has 0 radical (unpaired) electrons. The first-order valence-corrected chi connectivity index (χ1v) is 3.83. The van der Waals surface area contributed by atoms with Gasteiger partial charge in [0.15, 0.2) is 0 Å². The fourth-order valence-corrected chi connectivity index (χ4v) is 1.07. The molecule has 0 atom stereocenters. The molecule has 5 heteroatoms. The summed E-state index contributed by atoms with van der Waals surface area (Å²) < 4.78 is 9.41. The molecular weight excluding hydrogens is 186 g/mol. The van der Waals surface area contributed by atoms with Gasteiger partial charge < -0.3 is 9.47 Å². The molecule has 0 aliphatic heterocycles. The quantitative estimate of drug-likeness (QED) is 0.545. The van der Waals surface area contributed by atoms with Crippen LogP contribution in [-0.4, -0.2) is 20.2 Å². The van der Waals surface area contributed by atoms with Crippen molar-refractivity contribution in [2.45, 2.75) is 0 Å². The average molecular weight is 195 g/mol. The third-order valence-electron chi connectivity index (χ3n) is 1.71. The number of ether oxygens (including phenoxy) is 2. The molecule has 0 unspecified atom stereocenters. The number of carbonyl (C=O) groups excluding carboxylic acids is 1. The zero-order valence-electron chi connectivity index (χ0n) is 7.81. The minimum absolute atomic E-state index is 0.0104. The van der Waals surface area contributed by atoms with E-state index in [0.717, 1.165) is 0 Å². The van der Waals surface area contributed by atoms with Crippen molar-refractivity contribution in [2.75, 3.05) is 14.2 Å². The summed E-state index contributed by atoms with van der Waals surface area (Å²) in [6.45, 7) is 0. The molecule has 0 aliphatic rings. The molecule has 0 aliphatic carbocycles. The van der Waals surface area contributed by atoms with E-state index in [-0.39, 0.29) is 17.0 Å². The highest BCUT2D eigenvalue weighted by molar-refractivity contribution is 5.97. The standard InChI is InChI=1S/C9H9NO4/c1-13-7-5-3-4-6(10-12)8(7)9(11)14-2/h3-5H,1-2H3. The molecule has 0 bridgehead atoms. The van der Waals surface area contributed by atoms with E-state index in [1.807, 2.05) is 0 Å². The fraction of sp³-hybridized carbons (Fsp3) is 0.222. The minimum Gasteiger partial charge on any atom is -0.496 e. The molecule has 1 aromatic carbocycles. The number of esters is 1. The Bertz CT molecular complexity index is 362. The maximum Gasteiger partial charge on any atom is 0.344 e. The van der Waals surface area contributed by atoms with E-state index < -0.39 is 5.97 Å². The Balaban J connectivity index is 3.32. The SMILES string of the molecule is COC(=O)c1c(N=O)cccc1OC. The summed E-state index contributed by atoms with van der Waals surface area (Å²) in [5, 5.41) is 2.72. The van der Waals surface area contributed by atoms with Gasteiger partial charge in [-0.2, -0.15) is 0 Å². The van der Waals surface area contributed by atoms with Crippen LogP contribution in [0.5, 0.6) is 5.75 Å². The number of rotatable bonds is 3. The molecule has 0 saturated carbocycles. The first-order valence-electron chi connectivity index (χ1n) is 3.83. The topological polar surface area (TPSA) is 65.0 Å². The smallest absolute Gasteiger partial charge is 0.344 e. The van der Waals surface area contributed by atoms with Gasteiger partial charge in [0, 0.05) is 0 Å². The second-order valence-corrected chi connectivity index (χ2v) is 2.44. The zero-order valence-corrected chi connectivity index (χ0v) is 7.81. The lowest BCUT2D eigenvalue weighted by atomic mass is 10.1. The lowest BCUT2D eigenvalue weighted by molar-refractivity contribution is 0.0598. The lowest BCUT2D eigenvalue weighted by Gasteiger charge is -2.06. The lowest BCUT2D eigenvalue weighted by Crippen LogP contribution is -2.04. The van der Waals surface area contributed by atoms with Gasteiger partial charge in [-0.05, 0) is 17.3 Å². The molecule has 0 spiro atoms. The number of nitrogens with zero attached hydrogens (tertiary/aromatic N) is 1. The minimum atomic E-state index is -0.642. The maximum atomic E-state index is 11.3. The van der Waals surface area contributed by atoms with Gasteiger partial charge in [-0.15, -0.1) is 4.91 Å². The summed E-state index contributed by atoms with van der Waals surface area (Å²) in [5.74, 6) is -0.369. The first-order chi connectivity index (χ1) is 6.74. The van der Waals surface area contributed by atoms with Gasteiger partial charge in [-0.25, -0.2) is 4.79 Å². The normalized spacial score (nSPS) is 9.29. The summed E-state index contributed by atoms with van der Waals surface area (Å²) in [4.78, 5) is 21.7. The number of methoxy groups -OCH3 is 2. The Morgan fingerprint density at radius 2 is 2.07 bits per heavy atom. The molecule has 0 N–H and O–H groups in total. The van der Waals surface area contributed by atoms with Crippen LogP contribution in [0.4, 0.5) is 5.69 Å².